The first-order chi connectivity index (χ1) is 9.77. The normalized spacial score (nSPS) is 11.2. The van der Waals surface area contributed by atoms with Crippen molar-refractivity contribution < 1.29 is 13.2 Å². The maximum atomic E-state index is 13.0. The molecule has 0 saturated heterocycles. The minimum atomic E-state index is -4.52. The molecular formula is C14H10BrF3N2S. The van der Waals surface area contributed by atoms with Crippen molar-refractivity contribution in [2.75, 3.05) is 5.32 Å². The molecule has 0 bridgehead atoms. The lowest BCUT2D eigenvalue weighted by atomic mass is 10.1. The molecule has 2 nitrogen and oxygen atoms in total. The zero-order valence-electron chi connectivity index (χ0n) is 10.5. The molecule has 0 heterocycles. The fourth-order valence-electron chi connectivity index (χ4n) is 1.77. The minimum Gasteiger partial charge on any atom is -0.389 e. The molecule has 2 rings (SSSR count). The molecule has 0 amide bonds. The standard InChI is InChI=1S/C14H10BrF3N2S/c15-8-1-3-9(4-2-8)20-10-5-6-11(13(19)21)12(7-10)14(16,17)18/h1-7,20H,(H2,19,21). The van der Waals surface area contributed by atoms with E-state index in [0.717, 1.165) is 10.5 Å². The van der Waals surface area contributed by atoms with Gasteiger partial charge in [-0.1, -0.05) is 28.1 Å². The quantitative estimate of drug-likeness (QED) is 0.754. The summed E-state index contributed by atoms with van der Waals surface area (Å²) >= 11 is 7.95. The van der Waals surface area contributed by atoms with Crippen molar-refractivity contribution in [1.29, 1.82) is 0 Å². The number of thiocarbonyl (C=S) groups is 1. The summed E-state index contributed by atoms with van der Waals surface area (Å²) in [5.41, 5.74) is 5.29. The molecule has 3 N–H and O–H groups in total. The number of hydrogen-bond donors (Lipinski definition) is 2. The highest BCUT2D eigenvalue weighted by Gasteiger charge is 2.34. The van der Waals surface area contributed by atoms with Gasteiger partial charge in [-0.3, -0.25) is 0 Å². The number of anilines is 2. The Kier molecular flexibility index (Phi) is 4.53. The summed E-state index contributed by atoms with van der Waals surface area (Å²) in [5, 5.41) is 2.90. The largest absolute Gasteiger partial charge is 0.417 e. The fourth-order valence-corrected chi connectivity index (χ4v) is 2.21. The minimum absolute atomic E-state index is 0.182. The Morgan fingerprint density at radius 3 is 2.14 bits per heavy atom. The van der Waals surface area contributed by atoms with E-state index in [-0.39, 0.29) is 10.6 Å². The van der Waals surface area contributed by atoms with Crippen LogP contribution in [0.15, 0.2) is 46.9 Å². The van der Waals surface area contributed by atoms with E-state index in [2.05, 4.69) is 33.5 Å². The topological polar surface area (TPSA) is 38.0 Å². The number of halogens is 4. The van der Waals surface area contributed by atoms with Crippen LogP contribution >= 0.6 is 28.1 Å². The maximum Gasteiger partial charge on any atom is 0.417 e. The molecule has 110 valence electrons. The van der Waals surface area contributed by atoms with Crippen LogP contribution in [-0.2, 0) is 6.18 Å². The van der Waals surface area contributed by atoms with Crippen molar-refractivity contribution >= 4 is 44.5 Å². The highest BCUT2D eigenvalue weighted by molar-refractivity contribution is 9.10. The molecule has 2 aromatic carbocycles. The van der Waals surface area contributed by atoms with Gasteiger partial charge in [0.15, 0.2) is 0 Å². The summed E-state index contributed by atoms with van der Waals surface area (Å²) in [6.07, 6.45) is -4.52. The Labute approximate surface area is 133 Å². The first kappa shape index (κ1) is 15.8. The van der Waals surface area contributed by atoms with Crippen LogP contribution in [0.2, 0.25) is 0 Å². The van der Waals surface area contributed by atoms with E-state index in [0.29, 0.717) is 11.4 Å². The molecule has 0 radical (unpaired) electrons. The number of nitrogens with two attached hydrogens (primary N) is 1. The summed E-state index contributed by atoms with van der Waals surface area (Å²) in [6.45, 7) is 0. The van der Waals surface area contributed by atoms with Gasteiger partial charge in [-0.15, -0.1) is 0 Å². The first-order valence-electron chi connectivity index (χ1n) is 5.81. The fraction of sp³-hybridized carbons (Fsp3) is 0.0714. The molecule has 0 spiro atoms. The molecule has 21 heavy (non-hydrogen) atoms. The highest BCUT2D eigenvalue weighted by Crippen LogP contribution is 2.34. The molecule has 0 unspecified atom stereocenters. The number of benzene rings is 2. The van der Waals surface area contributed by atoms with Gasteiger partial charge in [-0.2, -0.15) is 13.2 Å². The second-order valence-corrected chi connectivity index (χ2v) is 5.61. The van der Waals surface area contributed by atoms with Gasteiger partial charge in [0.2, 0.25) is 0 Å². The van der Waals surface area contributed by atoms with Crippen molar-refractivity contribution in [3.63, 3.8) is 0 Å². The molecule has 0 saturated carbocycles. The molecule has 7 heteroatoms. The van der Waals surface area contributed by atoms with E-state index in [9.17, 15) is 13.2 Å². The van der Waals surface area contributed by atoms with E-state index < -0.39 is 11.7 Å². The zero-order valence-corrected chi connectivity index (χ0v) is 12.9. The van der Waals surface area contributed by atoms with Crippen LogP contribution in [0, 0.1) is 0 Å². The van der Waals surface area contributed by atoms with Crippen molar-refractivity contribution in [3.8, 4) is 0 Å². The van der Waals surface area contributed by atoms with E-state index in [4.69, 9.17) is 5.73 Å². The van der Waals surface area contributed by atoms with Crippen LogP contribution in [0.4, 0.5) is 24.5 Å². The summed E-state index contributed by atoms with van der Waals surface area (Å²) in [5.74, 6) is 0. The van der Waals surface area contributed by atoms with Crippen LogP contribution in [-0.4, -0.2) is 4.99 Å². The molecule has 0 aliphatic rings. The van der Waals surface area contributed by atoms with Crippen LogP contribution in [0.25, 0.3) is 0 Å². The van der Waals surface area contributed by atoms with Gasteiger partial charge in [0.05, 0.1) is 5.56 Å². The Bertz CT molecular complexity index is 669. The van der Waals surface area contributed by atoms with Crippen LogP contribution in [0.3, 0.4) is 0 Å². The van der Waals surface area contributed by atoms with Crippen LogP contribution in [0.5, 0.6) is 0 Å². The number of alkyl halides is 3. The third-order valence-electron chi connectivity index (χ3n) is 2.72. The van der Waals surface area contributed by atoms with Gasteiger partial charge in [0.1, 0.15) is 4.99 Å². The van der Waals surface area contributed by atoms with Crippen molar-refractivity contribution in [2.24, 2.45) is 5.73 Å². The lowest BCUT2D eigenvalue weighted by Gasteiger charge is -2.14. The van der Waals surface area contributed by atoms with Crippen LogP contribution in [0.1, 0.15) is 11.1 Å². The third-order valence-corrected chi connectivity index (χ3v) is 3.47. The van der Waals surface area contributed by atoms with Gasteiger partial charge in [-0.05, 0) is 42.5 Å². The van der Waals surface area contributed by atoms with E-state index in [1.807, 2.05) is 0 Å². The highest BCUT2D eigenvalue weighted by atomic mass is 79.9. The van der Waals surface area contributed by atoms with Crippen molar-refractivity contribution in [2.45, 2.75) is 6.18 Å². The molecule has 0 aromatic heterocycles. The molecule has 0 aliphatic heterocycles. The molecule has 0 fully saturated rings. The van der Waals surface area contributed by atoms with Gasteiger partial charge in [0.25, 0.3) is 0 Å². The summed E-state index contributed by atoms with van der Waals surface area (Å²) < 4.78 is 40.0. The van der Waals surface area contributed by atoms with Gasteiger partial charge in [0, 0.05) is 21.4 Å². The van der Waals surface area contributed by atoms with E-state index in [1.54, 1.807) is 24.3 Å². The Morgan fingerprint density at radius 1 is 1.05 bits per heavy atom. The second-order valence-electron chi connectivity index (χ2n) is 4.25. The summed E-state index contributed by atoms with van der Waals surface area (Å²) in [4.78, 5) is -0.280. The van der Waals surface area contributed by atoms with Crippen molar-refractivity contribution in [3.05, 3.63) is 58.1 Å². The summed E-state index contributed by atoms with van der Waals surface area (Å²) in [6, 6.07) is 10.8. The second kappa shape index (κ2) is 6.03. The van der Waals surface area contributed by atoms with E-state index >= 15 is 0 Å². The van der Waals surface area contributed by atoms with Gasteiger partial charge < -0.3 is 11.1 Å². The average molecular weight is 375 g/mol. The molecular weight excluding hydrogens is 365 g/mol. The number of nitrogens with one attached hydrogen (secondary N) is 1. The molecule has 0 atom stereocenters. The SMILES string of the molecule is NC(=S)c1ccc(Nc2ccc(Br)cc2)cc1C(F)(F)F. The lowest BCUT2D eigenvalue weighted by molar-refractivity contribution is -0.137. The zero-order chi connectivity index (χ0) is 15.6. The van der Waals surface area contributed by atoms with E-state index in [1.165, 1.54) is 12.1 Å². The van der Waals surface area contributed by atoms with Crippen molar-refractivity contribution in [1.82, 2.24) is 0 Å². The monoisotopic (exact) mass is 374 g/mol. The Hall–Kier alpha value is -1.60. The average Bonchev–Trinajstić information content (AvgIpc) is 2.40. The predicted molar refractivity (Wildman–Crippen MR) is 84.8 cm³/mol. The van der Waals surface area contributed by atoms with Crippen LogP contribution < -0.4 is 11.1 Å². The number of rotatable bonds is 3. The smallest absolute Gasteiger partial charge is 0.389 e. The van der Waals surface area contributed by atoms with Gasteiger partial charge >= 0.3 is 6.18 Å². The first-order valence-corrected chi connectivity index (χ1v) is 7.01. The molecule has 0 aliphatic carbocycles. The third kappa shape index (κ3) is 3.95. The van der Waals surface area contributed by atoms with Gasteiger partial charge in [-0.25, -0.2) is 0 Å². The Balaban J connectivity index is 2.38. The Morgan fingerprint density at radius 2 is 1.62 bits per heavy atom. The number of hydrogen-bond acceptors (Lipinski definition) is 2. The maximum absolute atomic E-state index is 13.0. The predicted octanol–water partition coefficient (Wildman–Crippen LogP) is 4.85. The summed E-state index contributed by atoms with van der Waals surface area (Å²) in [7, 11) is 0. The molecule has 2 aromatic rings. The lowest BCUT2D eigenvalue weighted by Crippen LogP contribution is -2.18.